The summed E-state index contributed by atoms with van der Waals surface area (Å²) in [4.78, 5) is 18.0. The third kappa shape index (κ3) is 4.02. The molecule has 162 valence electrons. The van der Waals surface area contributed by atoms with Crippen molar-refractivity contribution in [3.63, 3.8) is 0 Å². The van der Waals surface area contributed by atoms with E-state index in [2.05, 4.69) is 6.08 Å². The van der Waals surface area contributed by atoms with Crippen LogP contribution in [0.4, 0.5) is 0 Å². The van der Waals surface area contributed by atoms with Crippen LogP contribution in [0, 0.1) is 11.3 Å². The molecule has 1 unspecified atom stereocenters. The number of methoxy groups -OCH3 is 2. The Labute approximate surface area is 187 Å². The Kier molecular flexibility index (Phi) is 6.09. The van der Waals surface area contributed by atoms with Crippen molar-refractivity contribution in [3.8, 4) is 17.6 Å². The van der Waals surface area contributed by atoms with Gasteiger partial charge in [0.25, 0.3) is 0 Å². The summed E-state index contributed by atoms with van der Waals surface area (Å²) in [6, 6.07) is 15.3. The van der Waals surface area contributed by atoms with Gasteiger partial charge in [0.15, 0.2) is 17.6 Å². The van der Waals surface area contributed by atoms with E-state index >= 15 is 0 Å². The maximum Gasteiger partial charge on any atom is 0.340 e. The van der Waals surface area contributed by atoms with Gasteiger partial charge in [-0.3, -0.25) is 0 Å². The number of carbonyl (C=O) groups is 1. The first kappa shape index (κ1) is 21.4. The third-order valence-electron chi connectivity index (χ3n) is 5.59. The number of benzene rings is 2. The average molecular weight is 428 g/mol. The molecular formula is C26H24N2O4. The molecule has 0 bridgehead atoms. The van der Waals surface area contributed by atoms with Crippen LogP contribution in [0.15, 0.2) is 42.5 Å². The summed E-state index contributed by atoms with van der Waals surface area (Å²) in [7, 11) is 3.22. The molecule has 2 aromatic carbocycles. The number of hydrogen-bond acceptors (Lipinski definition) is 6. The number of ether oxygens (including phenoxy) is 3. The van der Waals surface area contributed by atoms with Gasteiger partial charge in [-0.1, -0.05) is 24.3 Å². The van der Waals surface area contributed by atoms with Crippen LogP contribution < -0.4 is 9.47 Å². The van der Waals surface area contributed by atoms with E-state index in [1.807, 2.05) is 48.5 Å². The highest BCUT2D eigenvalue weighted by atomic mass is 16.5. The van der Waals surface area contributed by atoms with E-state index in [1.54, 1.807) is 21.1 Å². The van der Waals surface area contributed by atoms with Crippen LogP contribution in [0.5, 0.6) is 11.5 Å². The van der Waals surface area contributed by atoms with Gasteiger partial charge in [0.05, 0.1) is 31.0 Å². The molecule has 4 rings (SSSR count). The van der Waals surface area contributed by atoms with E-state index in [9.17, 15) is 4.79 Å². The first-order valence-corrected chi connectivity index (χ1v) is 10.5. The molecule has 0 saturated carbocycles. The van der Waals surface area contributed by atoms with Crippen molar-refractivity contribution in [2.45, 2.75) is 32.3 Å². The smallest absolute Gasteiger partial charge is 0.340 e. The van der Waals surface area contributed by atoms with Gasteiger partial charge in [-0.15, -0.1) is 0 Å². The second kappa shape index (κ2) is 9.11. The van der Waals surface area contributed by atoms with Gasteiger partial charge in [0.2, 0.25) is 0 Å². The SMILES string of the molecule is COc1ccc(/C=C2\CCCc3c2nc2ccccc2c3C(=O)OC(C)C#N)cc1OC. The molecule has 6 nitrogen and oxygen atoms in total. The van der Waals surface area contributed by atoms with Gasteiger partial charge >= 0.3 is 5.97 Å². The Morgan fingerprint density at radius 1 is 1.12 bits per heavy atom. The zero-order chi connectivity index (χ0) is 22.7. The maximum atomic E-state index is 13.1. The Hall–Kier alpha value is -3.85. The lowest BCUT2D eigenvalue weighted by Gasteiger charge is -2.22. The number of para-hydroxylation sites is 1. The number of nitrogens with zero attached hydrogens (tertiary/aromatic N) is 2. The molecule has 3 aromatic rings. The van der Waals surface area contributed by atoms with E-state index in [-0.39, 0.29) is 0 Å². The lowest BCUT2D eigenvalue weighted by atomic mass is 9.86. The minimum atomic E-state index is -0.824. The predicted octanol–water partition coefficient (Wildman–Crippen LogP) is 5.20. The molecule has 0 radical (unpaired) electrons. The van der Waals surface area contributed by atoms with Crippen LogP contribution in [0.2, 0.25) is 0 Å². The molecule has 1 aliphatic rings. The van der Waals surface area contributed by atoms with E-state index in [0.717, 1.165) is 52.6 Å². The van der Waals surface area contributed by atoms with Crippen LogP contribution >= 0.6 is 0 Å². The summed E-state index contributed by atoms with van der Waals surface area (Å²) < 4.78 is 16.2. The van der Waals surface area contributed by atoms with Gasteiger partial charge in [0, 0.05) is 5.39 Å². The zero-order valence-corrected chi connectivity index (χ0v) is 18.3. The number of hydrogen-bond donors (Lipinski definition) is 0. The van der Waals surface area contributed by atoms with Gasteiger partial charge in [-0.25, -0.2) is 9.78 Å². The van der Waals surface area contributed by atoms with Crippen molar-refractivity contribution >= 4 is 28.5 Å². The summed E-state index contributed by atoms with van der Waals surface area (Å²) in [5, 5.41) is 9.84. The van der Waals surface area contributed by atoms with Crippen LogP contribution in [-0.4, -0.2) is 31.3 Å². The van der Waals surface area contributed by atoms with Gasteiger partial charge in [-0.05, 0) is 67.2 Å². The molecule has 0 spiro atoms. The standard InChI is InChI=1S/C26H24N2O4/c1-16(15-27)32-26(29)24-19-8-4-5-10-21(19)28-25-18(7-6-9-20(24)25)13-17-11-12-22(30-2)23(14-17)31-3/h4-5,8,10-14,16H,6-7,9H2,1-3H3/b18-13+. The Morgan fingerprint density at radius 2 is 1.91 bits per heavy atom. The van der Waals surface area contributed by atoms with Crippen molar-refractivity contribution < 1.29 is 19.0 Å². The molecule has 0 fully saturated rings. The second-order valence-corrected chi connectivity index (χ2v) is 7.65. The van der Waals surface area contributed by atoms with Crippen molar-refractivity contribution in [1.82, 2.24) is 4.98 Å². The lowest BCUT2D eigenvalue weighted by Crippen LogP contribution is -2.18. The van der Waals surface area contributed by atoms with Crippen LogP contribution in [0.3, 0.4) is 0 Å². The fraction of sp³-hybridized carbons (Fsp3) is 0.269. The third-order valence-corrected chi connectivity index (χ3v) is 5.59. The maximum absolute atomic E-state index is 13.1. The highest BCUT2D eigenvalue weighted by Crippen LogP contribution is 2.37. The Morgan fingerprint density at radius 3 is 2.66 bits per heavy atom. The zero-order valence-electron chi connectivity index (χ0n) is 18.3. The molecular weight excluding hydrogens is 404 g/mol. The summed E-state index contributed by atoms with van der Waals surface area (Å²) >= 11 is 0. The number of allylic oxidation sites excluding steroid dienone is 1. The minimum absolute atomic E-state index is 0.485. The van der Waals surface area contributed by atoms with Crippen LogP contribution in [0.25, 0.3) is 22.6 Å². The largest absolute Gasteiger partial charge is 0.493 e. The highest BCUT2D eigenvalue weighted by Gasteiger charge is 2.26. The number of aromatic nitrogens is 1. The number of fused-ring (bicyclic) bond motifs is 2. The fourth-order valence-corrected chi connectivity index (χ4v) is 4.10. The summed E-state index contributed by atoms with van der Waals surface area (Å²) in [5.41, 5.74) is 4.92. The van der Waals surface area contributed by atoms with Crippen molar-refractivity contribution in [2.75, 3.05) is 14.2 Å². The van der Waals surface area contributed by atoms with Crippen LogP contribution in [0.1, 0.15) is 46.9 Å². The molecule has 0 N–H and O–H groups in total. The molecule has 1 aromatic heterocycles. The molecule has 0 amide bonds. The summed E-state index contributed by atoms with van der Waals surface area (Å²) in [6.07, 6.45) is 3.71. The monoisotopic (exact) mass is 428 g/mol. The van der Waals surface area contributed by atoms with Crippen molar-refractivity contribution in [1.29, 1.82) is 5.26 Å². The number of rotatable bonds is 5. The van der Waals surface area contributed by atoms with E-state index in [0.29, 0.717) is 17.1 Å². The average Bonchev–Trinajstić information content (AvgIpc) is 2.82. The topological polar surface area (TPSA) is 81.4 Å². The molecule has 6 heteroatoms. The lowest BCUT2D eigenvalue weighted by molar-refractivity contribution is 0.0436. The predicted molar refractivity (Wildman–Crippen MR) is 123 cm³/mol. The van der Waals surface area contributed by atoms with Crippen molar-refractivity contribution in [2.24, 2.45) is 0 Å². The van der Waals surface area contributed by atoms with Crippen molar-refractivity contribution in [3.05, 3.63) is 64.8 Å². The van der Waals surface area contributed by atoms with E-state index in [1.165, 1.54) is 0 Å². The summed E-state index contributed by atoms with van der Waals surface area (Å²) in [6.45, 7) is 1.57. The first-order chi connectivity index (χ1) is 15.5. The number of pyridine rings is 1. The molecule has 0 saturated heterocycles. The summed E-state index contributed by atoms with van der Waals surface area (Å²) in [5.74, 6) is 0.833. The highest BCUT2D eigenvalue weighted by molar-refractivity contribution is 6.06. The van der Waals surface area contributed by atoms with Crippen LogP contribution in [-0.2, 0) is 11.2 Å². The molecule has 1 heterocycles. The van der Waals surface area contributed by atoms with Gasteiger partial charge < -0.3 is 14.2 Å². The molecule has 0 aliphatic heterocycles. The number of carbonyl (C=O) groups excluding carboxylic acids is 1. The fourth-order valence-electron chi connectivity index (χ4n) is 4.10. The molecule has 1 atom stereocenters. The number of nitriles is 1. The number of esters is 1. The van der Waals surface area contributed by atoms with Gasteiger partial charge in [0.1, 0.15) is 6.07 Å². The van der Waals surface area contributed by atoms with E-state index in [4.69, 9.17) is 24.5 Å². The minimum Gasteiger partial charge on any atom is -0.493 e. The quantitative estimate of drug-likeness (QED) is 0.520. The normalized spacial score (nSPS) is 15.0. The Bertz CT molecular complexity index is 1260. The molecule has 32 heavy (non-hydrogen) atoms. The first-order valence-electron chi connectivity index (χ1n) is 10.5. The Balaban J connectivity index is 1.87. The van der Waals surface area contributed by atoms with Gasteiger partial charge in [-0.2, -0.15) is 5.26 Å². The second-order valence-electron chi connectivity index (χ2n) is 7.65. The van der Waals surface area contributed by atoms with E-state index < -0.39 is 12.1 Å². The molecule has 1 aliphatic carbocycles.